The van der Waals surface area contributed by atoms with Gasteiger partial charge in [0, 0.05) is 29.9 Å². The van der Waals surface area contributed by atoms with Crippen LogP contribution in [-0.4, -0.2) is 18.5 Å². The van der Waals surface area contributed by atoms with Crippen LogP contribution in [0.15, 0.2) is 54.6 Å². The molecule has 1 aliphatic carbocycles. The molecule has 0 heterocycles. The quantitative estimate of drug-likeness (QED) is 0.856. The number of nitriles is 1. The van der Waals surface area contributed by atoms with Crippen molar-refractivity contribution in [3.05, 3.63) is 54.6 Å². The van der Waals surface area contributed by atoms with Crippen LogP contribution in [0, 0.1) is 17.2 Å². The second-order valence-electron chi connectivity index (χ2n) is 6.05. The van der Waals surface area contributed by atoms with Crippen molar-refractivity contribution in [3.8, 4) is 11.8 Å². The van der Waals surface area contributed by atoms with Crippen LogP contribution < -0.4 is 15.0 Å². The number of amides is 2. The zero-order chi connectivity index (χ0) is 18.4. The minimum atomic E-state index is -0.572. The van der Waals surface area contributed by atoms with Crippen molar-refractivity contribution in [1.29, 1.82) is 5.26 Å². The maximum Gasteiger partial charge on any atom is 0.419 e. The van der Waals surface area contributed by atoms with Crippen LogP contribution in [0.3, 0.4) is 0 Å². The smallest absolute Gasteiger partial charge is 0.410 e. The molecule has 6 heteroatoms. The fourth-order valence-electron chi connectivity index (χ4n) is 2.48. The molecular weight excluding hydrogens is 330 g/mol. The van der Waals surface area contributed by atoms with E-state index in [-0.39, 0.29) is 24.8 Å². The van der Waals surface area contributed by atoms with Crippen molar-refractivity contribution in [3.63, 3.8) is 0 Å². The Kier molecular flexibility index (Phi) is 5.49. The van der Waals surface area contributed by atoms with Crippen LogP contribution in [0.25, 0.3) is 0 Å². The van der Waals surface area contributed by atoms with Crippen LogP contribution in [0.4, 0.5) is 16.2 Å². The number of para-hydroxylation sites is 1. The molecule has 1 N–H and O–H groups in total. The molecule has 1 saturated carbocycles. The fourth-order valence-corrected chi connectivity index (χ4v) is 2.48. The van der Waals surface area contributed by atoms with Crippen LogP contribution in [-0.2, 0) is 4.79 Å². The summed E-state index contributed by atoms with van der Waals surface area (Å²) in [5.41, 5.74) is 1.25. The second kappa shape index (κ2) is 8.17. The minimum absolute atomic E-state index is 0.00610. The van der Waals surface area contributed by atoms with Crippen molar-refractivity contribution in [2.24, 2.45) is 5.92 Å². The summed E-state index contributed by atoms with van der Waals surface area (Å²) in [7, 11) is 0. The number of benzene rings is 2. The Morgan fingerprint density at radius 2 is 1.92 bits per heavy atom. The van der Waals surface area contributed by atoms with Gasteiger partial charge in [-0.25, -0.2) is 4.79 Å². The Labute approximate surface area is 152 Å². The molecule has 2 aromatic rings. The molecular formula is C20H19N3O3. The van der Waals surface area contributed by atoms with Crippen LogP contribution in [0.1, 0.15) is 19.3 Å². The van der Waals surface area contributed by atoms with E-state index in [0.29, 0.717) is 17.1 Å². The number of carbonyl (C=O) groups excluding carboxylic acids is 2. The number of nitrogens with zero attached hydrogens (tertiary/aromatic N) is 2. The van der Waals surface area contributed by atoms with E-state index in [2.05, 4.69) is 5.32 Å². The van der Waals surface area contributed by atoms with Gasteiger partial charge in [0.25, 0.3) is 0 Å². The Morgan fingerprint density at radius 3 is 2.62 bits per heavy atom. The molecule has 1 fully saturated rings. The first-order valence-electron chi connectivity index (χ1n) is 8.49. The van der Waals surface area contributed by atoms with Gasteiger partial charge in [-0.05, 0) is 37.1 Å². The molecule has 0 saturated heterocycles. The molecule has 0 unspecified atom stereocenters. The molecule has 0 radical (unpaired) electrons. The van der Waals surface area contributed by atoms with Gasteiger partial charge in [0.2, 0.25) is 5.91 Å². The van der Waals surface area contributed by atoms with Gasteiger partial charge in [-0.1, -0.05) is 24.3 Å². The predicted octanol–water partition coefficient (Wildman–Crippen LogP) is 3.95. The van der Waals surface area contributed by atoms with Crippen molar-refractivity contribution >= 4 is 23.4 Å². The number of nitrogens with one attached hydrogen (secondary N) is 1. The average molecular weight is 349 g/mol. The summed E-state index contributed by atoms with van der Waals surface area (Å²) in [6.45, 7) is 0.234. The Balaban J connectivity index is 1.70. The lowest BCUT2D eigenvalue weighted by molar-refractivity contribution is -0.117. The summed E-state index contributed by atoms with van der Waals surface area (Å²) in [5.74, 6) is 0.427. The van der Waals surface area contributed by atoms with Gasteiger partial charge >= 0.3 is 6.09 Å². The van der Waals surface area contributed by atoms with E-state index >= 15 is 0 Å². The second-order valence-corrected chi connectivity index (χ2v) is 6.05. The van der Waals surface area contributed by atoms with Crippen LogP contribution >= 0.6 is 0 Å². The third-order valence-electron chi connectivity index (χ3n) is 3.99. The van der Waals surface area contributed by atoms with E-state index in [1.165, 1.54) is 4.90 Å². The summed E-state index contributed by atoms with van der Waals surface area (Å²) in [6, 6.07) is 17.8. The van der Waals surface area contributed by atoms with E-state index in [9.17, 15) is 9.59 Å². The van der Waals surface area contributed by atoms with Crippen molar-refractivity contribution < 1.29 is 14.3 Å². The molecule has 3 rings (SSSR count). The molecule has 2 aromatic carbocycles. The highest BCUT2D eigenvalue weighted by Crippen LogP contribution is 2.30. The van der Waals surface area contributed by atoms with Crippen molar-refractivity contribution in [2.75, 3.05) is 16.8 Å². The molecule has 2 amide bonds. The maximum atomic E-state index is 12.6. The summed E-state index contributed by atoms with van der Waals surface area (Å²) >= 11 is 0. The first-order valence-corrected chi connectivity index (χ1v) is 8.49. The van der Waals surface area contributed by atoms with Crippen LogP contribution in [0.2, 0.25) is 0 Å². The number of carbonyl (C=O) groups is 2. The number of hydrogen-bond donors (Lipinski definition) is 1. The van der Waals surface area contributed by atoms with Gasteiger partial charge < -0.3 is 10.1 Å². The molecule has 26 heavy (non-hydrogen) atoms. The van der Waals surface area contributed by atoms with Gasteiger partial charge in [0.05, 0.1) is 12.5 Å². The molecule has 0 aliphatic heterocycles. The Bertz CT molecular complexity index is 826. The Hall–Kier alpha value is -3.33. The number of ether oxygens (including phenoxy) is 1. The standard InChI is InChI=1S/C20H19N3O3/c21-12-5-13-23(17-7-2-1-3-8-17)20(25)26-18-9-4-6-16(14-18)22-19(24)15-10-11-15/h1-4,6-9,14-15H,5,10-11,13H2,(H,22,24). The molecule has 132 valence electrons. The third-order valence-corrected chi connectivity index (χ3v) is 3.99. The lowest BCUT2D eigenvalue weighted by atomic mass is 10.2. The maximum absolute atomic E-state index is 12.6. The van der Waals surface area contributed by atoms with Gasteiger partial charge in [-0.15, -0.1) is 0 Å². The number of anilines is 2. The number of rotatable bonds is 6. The predicted molar refractivity (Wildman–Crippen MR) is 97.8 cm³/mol. The molecule has 0 aromatic heterocycles. The van der Waals surface area contributed by atoms with E-state index in [0.717, 1.165) is 12.8 Å². The zero-order valence-corrected chi connectivity index (χ0v) is 14.2. The van der Waals surface area contributed by atoms with E-state index in [1.54, 1.807) is 36.4 Å². The largest absolute Gasteiger partial charge is 0.419 e. The van der Waals surface area contributed by atoms with Crippen LogP contribution in [0.5, 0.6) is 5.75 Å². The van der Waals surface area contributed by atoms with E-state index < -0.39 is 6.09 Å². The summed E-state index contributed by atoms with van der Waals surface area (Å²) in [6.07, 6.45) is 1.47. The first kappa shape index (κ1) is 17.5. The first-order chi connectivity index (χ1) is 12.7. The monoisotopic (exact) mass is 349 g/mol. The van der Waals surface area contributed by atoms with Crippen molar-refractivity contribution in [2.45, 2.75) is 19.3 Å². The highest BCUT2D eigenvalue weighted by atomic mass is 16.6. The van der Waals surface area contributed by atoms with E-state index in [4.69, 9.17) is 10.00 Å². The van der Waals surface area contributed by atoms with Gasteiger partial charge in [-0.3, -0.25) is 9.69 Å². The fraction of sp³-hybridized carbons (Fsp3) is 0.250. The highest BCUT2D eigenvalue weighted by Gasteiger charge is 2.29. The average Bonchev–Trinajstić information content (AvgIpc) is 3.48. The molecule has 0 atom stereocenters. The molecule has 6 nitrogen and oxygen atoms in total. The highest BCUT2D eigenvalue weighted by molar-refractivity contribution is 5.94. The third kappa shape index (κ3) is 4.61. The van der Waals surface area contributed by atoms with Gasteiger partial charge in [0.1, 0.15) is 5.75 Å². The lowest BCUT2D eigenvalue weighted by Crippen LogP contribution is -2.34. The molecule has 0 spiro atoms. The normalized spacial score (nSPS) is 12.7. The molecule has 1 aliphatic rings. The van der Waals surface area contributed by atoms with Gasteiger partial charge in [0.15, 0.2) is 0 Å². The summed E-state index contributed by atoms with van der Waals surface area (Å²) in [4.78, 5) is 25.9. The topological polar surface area (TPSA) is 82.4 Å². The summed E-state index contributed by atoms with van der Waals surface area (Å²) in [5, 5.41) is 11.7. The molecule has 0 bridgehead atoms. The van der Waals surface area contributed by atoms with Gasteiger partial charge in [-0.2, -0.15) is 5.26 Å². The Morgan fingerprint density at radius 1 is 1.15 bits per heavy atom. The lowest BCUT2D eigenvalue weighted by Gasteiger charge is -2.21. The number of hydrogen-bond acceptors (Lipinski definition) is 4. The minimum Gasteiger partial charge on any atom is -0.410 e. The summed E-state index contributed by atoms with van der Waals surface area (Å²) < 4.78 is 5.45. The van der Waals surface area contributed by atoms with E-state index in [1.807, 2.05) is 24.3 Å². The SMILES string of the molecule is N#CCCN(C(=O)Oc1cccc(NC(=O)C2CC2)c1)c1ccccc1. The zero-order valence-electron chi connectivity index (χ0n) is 14.2. The van der Waals surface area contributed by atoms with Crippen molar-refractivity contribution in [1.82, 2.24) is 0 Å².